The number of allylic oxidation sites excluding steroid dienone is 6. The summed E-state index contributed by atoms with van der Waals surface area (Å²) < 4.78 is 26.6. The number of phosphoric acid groups is 1. The number of carbonyl (C=O) groups excluding carboxylic acids is 2. The molecular weight excluding hydrogens is 613 g/mol. The summed E-state index contributed by atoms with van der Waals surface area (Å²) in [4.78, 5) is 45.4. The minimum absolute atomic E-state index is 0.144. The molecule has 0 aliphatic heterocycles. The summed E-state index contributed by atoms with van der Waals surface area (Å²) in [5.41, 5.74) is 0. The number of hydrogen-bond acceptors (Lipinski definition) is 8. The SMILES string of the molecule is CC/C=C\C/C=C\C/C=C\CCCCCC(=O)OCC(O)COP(=O)(O)OCC(NC(=O)CCCCCCCCCCC)C(=O)O. The van der Waals surface area contributed by atoms with Crippen LogP contribution < -0.4 is 5.32 Å². The molecule has 0 heterocycles. The Morgan fingerprint density at radius 2 is 1.26 bits per heavy atom. The summed E-state index contributed by atoms with van der Waals surface area (Å²) in [6.45, 7) is 2.37. The molecule has 46 heavy (non-hydrogen) atoms. The Labute approximate surface area is 276 Å². The normalized spacial score (nSPS) is 14.5. The van der Waals surface area contributed by atoms with Crippen molar-refractivity contribution in [3.63, 3.8) is 0 Å². The van der Waals surface area contributed by atoms with E-state index in [0.717, 1.165) is 57.8 Å². The van der Waals surface area contributed by atoms with E-state index in [-0.39, 0.29) is 12.8 Å². The Morgan fingerprint density at radius 3 is 1.89 bits per heavy atom. The zero-order valence-electron chi connectivity index (χ0n) is 28.1. The van der Waals surface area contributed by atoms with Gasteiger partial charge >= 0.3 is 19.8 Å². The molecule has 266 valence electrons. The maximum Gasteiger partial charge on any atom is 0.472 e. The van der Waals surface area contributed by atoms with E-state index in [2.05, 4.69) is 55.6 Å². The maximum atomic E-state index is 12.2. The fraction of sp³-hybridized carbons (Fsp3) is 0.735. The highest BCUT2D eigenvalue weighted by Crippen LogP contribution is 2.43. The fourth-order valence-corrected chi connectivity index (χ4v) is 5.04. The number of carboxylic acids is 1. The molecule has 0 aliphatic carbocycles. The van der Waals surface area contributed by atoms with E-state index in [1.54, 1.807) is 0 Å². The smallest absolute Gasteiger partial charge is 0.472 e. The largest absolute Gasteiger partial charge is 0.480 e. The molecule has 0 spiro atoms. The molecule has 12 heteroatoms. The van der Waals surface area contributed by atoms with Gasteiger partial charge in [-0.1, -0.05) is 108 Å². The lowest BCUT2D eigenvalue weighted by Gasteiger charge is -2.18. The minimum Gasteiger partial charge on any atom is -0.480 e. The van der Waals surface area contributed by atoms with Gasteiger partial charge in [0.05, 0.1) is 13.2 Å². The number of aliphatic carboxylic acids is 1. The number of unbranched alkanes of at least 4 members (excludes halogenated alkanes) is 11. The van der Waals surface area contributed by atoms with E-state index in [9.17, 15) is 34.1 Å². The number of rotatable bonds is 31. The van der Waals surface area contributed by atoms with Gasteiger partial charge in [0.15, 0.2) is 6.04 Å². The van der Waals surface area contributed by atoms with Crippen LogP contribution in [0.25, 0.3) is 0 Å². The molecule has 3 atom stereocenters. The van der Waals surface area contributed by atoms with Crippen LogP contribution in [0.15, 0.2) is 36.5 Å². The molecule has 0 aromatic carbocycles. The van der Waals surface area contributed by atoms with Crippen LogP contribution in [0.5, 0.6) is 0 Å². The van der Waals surface area contributed by atoms with Crippen molar-refractivity contribution in [2.24, 2.45) is 0 Å². The Balaban J connectivity index is 4.05. The number of aliphatic hydroxyl groups is 1. The van der Waals surface area contributed by atoms with Crippen LogP contribution in [0.2, 0.25) is 0 Å². The van der Waals surface area contributed by atoms with Gasteiger partial charge in [-0.05, 0) is 44.9 Å². The predicted octanol–water partition coefficient (Wildman–Crippen LogP) is 7.32. The van der Waals surface area contributed by atoms with Crippen molar-refractivity contribution in [2.75, 3.05) is 19.8 Å². The van der Waals surface area contributed by atoms with Gasteiger partial charge in [-0.3, -0.25) is 18.6 Å². The van der Waals surface area contributed by atoms with Gasteiger partial charge in [-0.15, -0.1) is 0 Å². The molecule has 0 fully saturated rings. The first-order valence-electron chi connectivity index (χ1n) is 17.0. The number of ether oxygens (including phenoxy) is 1. The predicted molar refractivity (Wildman–Crippen MR) is 180 cm³/mol. The van der Waals surface area contributed by atoms with E-state index in [1.165, 1.54) is 32.1 Å². The molecule has 4 N–H and O–H groups in total. The van der Waals surface area contributed by atoms with Crippen LogP contribution in [0.4, 0.5) is 0 Å². The molecular formula is C34H60NO10P. The lowest BCUT2D eigenvalue weighted by molar-refractivity contribution is -0.147. The van der Waals surface area contributed by atoms with Crippen molar-refractivity contribution in [1.29, 1.82) is 0 Å². The van der Waals surface area contributed by atoms with Crippen LogP contribution in [0.1, 0.15) is 129 Å². The molecule has 0 rings (SSSR count). The van der Waals surface area contributed by atoms with Gasteiger partial charge < -0.3 is 25.2 Å². The third-order valence-corrected chi connectivity index (χ3v) is 7.89. The molecule has 0 saturated heterocycles. The van der Waals surface area contributed by atoms with Gasteiger partial charge in [0.25, 0.3) is 0 Å². The quantitative estimate of drug-likeness (QED) is 0.0253. The van der Waals surface area contributed by atoms with E-state index in [4.69, 9.17) is 13.8 Å². The summed E-state index contributed by atoms with van der Waals surface area (Å²) in [5, 5.41) is 21.6. The molecule has 3 unspecified atom stereocenters. The summed E-state index contributed by atoms with van der Waals surface area (Å²) in [6, 6.07) is -1.54. The average Bonchev–Trinajstić information content (AvgIpc) is 3.02. The van der Waals surface area contributed by atoms with Gasteiger partial charge in [-0.25, -0.2) is 9.36 Å². The van der Waals surface area contributed by atoms with Crippen molar-refractivity contribution in [2.45, 2.75) is 142 Å². The first-order chi connectivity index (χ1) is 22.1. The summed E-state index contributed by atoms with van der Waals surface area (Å²) in [7, 11) is -4.75. The number of carbonyl (C=O) groups is 3. The number of carboxylic acid groups (broad SMARTS) is 1. The number of hydrogen-bond donors (Lipinski definition) is 4. The molecule has 1 amide bonds. The van der Waals surface area contributed by atoms with Crippen molar-refractivity contribution < 1.29 is 47.8 Å². The molecule has 0 radical (unpaired) electrons. The van der Waals surface area contributed by atoms with Crippen molar-refractivity contribution in [1.82, 2.24) is 5.32 Å². The zero-order valence-corrected chi connectivity index (χ0v) is 29.0. The Morgan fingerprint density at radius 1 is 0.717 bits per heavy atom. The number of esters is 1. The Bertz CT molecular complexity index is 937. The van der Waals surface area contributed by atoms with Gasteiger partial charge in [0, 0.05) is 12.8 Å². The second-order valence-electron chi connectivity index (χ2n) is 11.3. The standard InChI is InChI=1S/C34H60NO10P/c1-3-5-7-9-11-13-14-15-16-18-20-22-24-26-33(38)43-27-30(36)28-44-46(41,42)45-29-31(34(39)40)35-32(37)25-23-21-19-17-12-10-8-6-4-2/h5,7,11,13,15-16,30-31,36H,3-4,6,8-10,12,14,17-29H2,1-2H3,(H,35,37)(H,39,40)(H,41,42)/b7-5-,13-11-,16-15-. The molecule has 11 nitrogen and oxygen atoms in total. The lowest BCUT2D eigenvalue weighted by atomic mass is 10.1. The highest BCUT2D eigenvalue weighted by molar-refractivity contribution is 7.47. The van der Waals surface area contributed by atoms with E-state index in [0.29, 0.717) is 12.8 Å². The molecule has 0 aliphatic rings. The van der Waals surface area contributed by atoms with Crippen molar-refractivity contribution in [3.05, 3.63) is 36.5 Å². The average molecular weight is 674 g/mol. The van der Waals surface area contributed by atoms with Crippen molar-refractivity contribution >= 4 is 25.7 Å². The molecule has 0 saturated carbocycles. The minimum atomic E-state index is -4.75. The van der Waals surface area contributed by atoms with E-state index in [1.807, 2.05) is 0 Å². The second-order valence-corrected chi connectivity index (χ2v) is 12.8. The summed E-state index contributed by atoms with van der Waals surface area (Å²) >= 11 is 0. The third kappa shape index (κ3) is 29.1. The third-order valence-electron chi connectivity index (χ3n) is 6.94. The molecule has 0 aromatic rings. The van der Waals surface area contributed by atoms with Crippen LogP contribution in [-0.4, -0.2) is 64.9 Å². The fourth-order valence-electron chi connectivity index (χ4n) is 4.27. The highest BCUT2D eigenvalue weighted by Gasteiger charge is 2.28. The molecule has 0 aromatic heterocycles. The summed E-state index contributed by atoms with van der Waals surface area (Å²) in [5.74, 6) is -2.41. The monoisotopic (exact) mass is 673 g/mol. The topological polar surface area (TPSA) is 169 Å². The van der Waals surface area contributed by atoms with Gasteiger partial charge in [-0.2, -0.15) is 0 Å². The first kappa shape index (κ1) is 43.7. The Kier molecular flexibility index (Phi) is 28.6. The number of nitrogens with one attached hydrogen (secondary N) is 1. The number of aliphatic hydroxyl groups excluding tert-OH is 1. The van der Waals surface area contributed by atoms with Crippen molar-refractivity contribution in [3.8, 4) is 0 Å². The van der Waals surface area contributed by atoms with E-state index < -0.39 is 57.6 Å². The van der Waals surface area contributed by atoms with Gasteiger partial charge in [0.1, 0.15) is 12.7 Å². The highest BCUT2D eigenvalue weighted by atomic mass is 31.2. The van der Waals surface area contributed by atoms with Crippen LogP contribution in [0.3, 0.4) is 0 Å². The summed E-state index contributed by atoms with van der Waals surface area (Å²) in [6.07, 6.45) is 27.7. The molecule has 0 bridgehead atoms. The zero-order chi connectivity index (χ0) is 34.3. The maximum absolute atomic E-state index is 12.2. The van der Waals surface area contributed by atoms with Crippen LogP contribution in [-0.2, 0) is 32.7 Å². The van der Waals surface area contributed by atoms with Gasteiger partial charge in [0.2, 0.25) is 5.91 Å². The van der Waals surface area contributed by atoms with E-state index >= 15 is 0 Å². The Hall–Kier alpha value is -2.30. The second kappa shape index (κ2) is 30.1. The number of phosphoric ester groups is 1. The van der Waals surface area contributed by atoms with Crippen LogP contribution >= 0.6 is 7.82 Å². The first-order valence-corrected chi connectivity index (χ1v) is 18.5. The lowest BCUT2D eigenvalue weighted by Crippen LogP contribution is -2.43. The van der Waals surface area contributed by atoms with Crippen LogP contribution in [0, 0.1) is 0 Å². The number of amides is 1.